The molecule has 1 saturated heterocycles. The smallest absolute Gasteiger partial charge is 0.239 e. The van der Waals surface area contributed by atoms with Crippen molar-refractivity contribution in [3.63, 3.8) is 0 Å². The van der Waals surface area contributed by atoms with Crippen molar-refractivity contribution in [3.05, 3.63) is 29.3 Å². The first-order chi connectivity index (χ1) is 9.85. The molecule has 0 radical (unpaired) electrons. The molecule has 1 heterocycles. The normalized spacial score (nSPS) is 16.6. The molecule has 0 unspecified atom stereocenters. The van der Waals surface area contributed by atoms with Crippen LogP contribution in [0.25, 0.3) is 0 Å². The highest BCUT2D eigenvalue weighted by atomic mass is 16.2. The van der Waals surface area contributed by atoms with E-state index in [-0.39, 0.29) is 11.4 Å². The maximum atomic E-state index is 11.7. The Balaban J connectivity index is 2.09. The van der Waals surface area contributed by atoms with Crippen molar-refractivity contribution in [2.45, 2.75) is 46.2 Å². The number of amides is 1. The molecule has 2 rings (SSSR count). The molecule has 0 aromatic heterocycles. The van der Waals surface area contributed by atoms with Crippen LogP contribution >= 0.6 is 0 Å². The van der Waals surface area contributed by atoms with Gasteiger partial charge in [0.2, 0.25) is 5.91 Å². The number of carbonyl (C=O) groups excluding carboxylic acids is 1. The van der Waals surface area contributed by atoms with Crippen molar-refractivity contribution in [2.75, 3.05) is 24.5 Å². The van der Waals surface area contributed by atoms with Crippen LogP contribution in [-0.2, 0) is 11.3 Å². The molecular weight excluding hydrogens is 262 g/mol. The van der Waals surface area contributed by atoms with E-state index in [0.717, 1.165) is 26.1 Å². The minimum absolute atomic E-state index is 0.116. The zero-order chi connectivity index (χ0) is 15.5. The van der Waals surface area contributed by atoms with Crippen molar-refractivity contribution in [3.8, 4) is 0 Å². The van der Waals surface area contributed by atoms with Gasteiger partial charge in [-0.3, -0.25) is 4.79 Å². The molecule has 0 aliphatic carbocycles. The van der Waals surface area contributed by atoms with Gasteiger partial charge >= 0.3 is 0 Å². The molecule has 1 aliphatic rings. The number of aryl methyl sites for hydroxylation is 1. The molecule has 1 aliphatic heterocycles. The van der Waals surface area contributed by atoms with Gasteiger partial charge in [-0.05, 0) is 51.3 Å². The zero-order valence-corrected chi connectivity index (χ0v) is 13.6. The summed E-state index contributed by atoms with van der Waals surface area (Å²) in [6.07, 6.45) is 0.999. The molecule has 1 aromatic carbocycles. The van der Waals surface area contributed by atoms with Gasteiger partial charge in [0, 0.05) is 30.9 Å². The van der Waals surface area contributed by atoms with Crippen LogP contribution in [0.4, 0.5) is 5.69 Å². The highest BCUT2D eigenvalue weighted by Crippen LogP contribution is 2.22. The Hall–Kier alpha value is -1.55. The second-order valence-electron chi connectivity index (χ2n) is 6.85. The maximum Gasteiger partial charge on any atom is 0.239 e. The highest BCUT2D eigenvalue weighted by Gasteiger charge is 2.17. The number of rotatable bonds is 3. The van der Waals surface area contributed by atoms with Gasteiger partial charge in [-0.15, -0.1) is 0 Å². The minimum atomic E-state index is 0.116. The Bertz CT molecular complexity index is 505. The van der Waals surface area contributed by atoms with Crippen molar-refractivity contribution in [1.29, 1.82) is 0 Å². The van der Waals surface area contributed by atoms with Crippen LogP contribution in [0, 0.1) is 6.92 Å². The quantitative estimate of drug-likeness (QED) is 0.896. The van der Waals surface area contributed by atoms with Gasteiger partial charge in [-0.25, -0.2) is 0 Å². The maximum absolute atomic E-state index is 11.7. The molecule has 116 valence electrons. The third-order valence-electron chi connectivity index (χ3n) is 3.69. The van der Waals surface area contributed by atoms with Gasteiger partial charge in [0.1, 0.15) is 0 Å². The molecule has 1 amide bonds. The van der Waals surface area contributed by atoms with Crippen molar-refractivity contribution >= 4 is 11.6 Å². The average Bonchev–Trinajstić information content (AvgIpc) is 2.60. The SMILES string of the molecule is Cc1cc(CNC(C)(C)C)ccc1N1CCCNC(=O)C1. The van der Waals surface area contributed by atoms with E-state index in [1.165, 1.54) is 16.8 Å². The Labute approximate surface area is 127 Å². The Morgan fingerprint density at radius 3 is 2.76 bits per heavy atom. The summed E-state index contributed by atoms with van der Waals surface area (Å²) in [7, 11) is 0. The minimum Gasteiger partial charge on any atom is -0.362 e. The average molecular weight is 289 g/mol. The summed E-state index contributed by atoms with van der Waals surface area (Å²) in [6.45, 7) is 11.7. The number of nitrogens with one attached hydrogen (secondary N) is 2. The summed E-state index contributed by atoms with van der Waals surface area (Å²) in [5.41, 5.74) is 3.81. The van der Waals surface area contributed by atoms with Gasteiger partial charge in [0.05, 0.1) is 6.54 Å². The van der Waals surface area contributed by atoms with E-state index in [1.807, 2.05) is 0 Å². The second kappa shape index (κ2) is 6.48. The topological polar surface area (TPSA) is 44.4 Å². The van der Waals surface area contributed by atoms with Gasteiger partial charge in [0.15, 0.2) is 0 Å². The largest absolute Gasteiger partial charge is 0.362 e. The van der Waals surface area contributed by atoms with Gasteiger partial charge in [0.25, 0.3) is 0 Å². The van der Waals surface area contributed by atoms with Crippen molar-refractivity contribution < 1.29 is 4.79 Å². The summed E-state index contributed by atoms with van der Waals surface area (Å²) in [5.74, 6) is 0.116. The molecule has 1 fully saturated rings. The fraction of sp³-hybridized carbons (Fsp3) is 0.588. The van der Waals surface area contributed by atoms with Crippen LogP contribution in [0.15, 0.2) is 18.2 Å². The van der Waals surface area contributed by atoms with Crippen molar-refractivity contribution in [2.24, 2.45) is 0 Å². The third-order valence-corrected chi connectivity index (χ3v) is 3.69. The first-order valence-corrected chi connectivity index (χ1v) is 7.71. The Morgan fingerprint density at radius 1 is 1.33 bits per heavy atom. The molecule has 1 aromatic rings. The lowest BCUT2D eigenvalue weighted by Crippen LogP contribution is -2.35. The molecule has 0 saturated carbocycles. The summed E-state index contributed by atoms with van der Waals surface area (Å²) in [5, 5.41) is 6.43. The number of hydrogen-bond acceptors (Lipinski definition) is 3. The first kappa shape index (κ1) is 15.8. The van der Waals surface area contributed by atoms with Crippen molar-refractivity contribution in [1.82, 2.24) is 10.6 Å². The van der Waals surface area contributed by atoms with E-state index in [4.69, 9.17) is 0 Å². The standard InChI is InChI=1S/C17H27N3O/c1-13-10-14(11-19-17(2,3)4)6-7-15(13)20-9-5-8-18-16(21)12-20/h6-7,10,19H,5,8-9,11-12H2,1-4H3,(H,18,21). The molecule has 4 heteroatoms. The van der Waals surface area contributed by atoms with Crippen LogP contribution in [0.5, 0.6) is 0 Å². The van der Waals surface area contributed by atoms with E-state index < -0.39 is 0 Å². The van der Waals surface area contributed by atoms with Gasteiger partial charge in [-0.1, -0.05) is 12.1 Å². The summed E-state index contributed by atoms with van der Waals surface area (Å²) in [4.78, 5) is 13.9. The summed E-state index contributed by atoms with van der Waals surface area (Å²) in [6, 6.07) is 6.52. The molecule has 4 nitrogen and oxygen atoms in total. The van der Waals surface area contributed by atoms with Crippen LogP contribution < -0.4 is 15.5 Å². The monoisotopic (exact) mass is 289 g/mol. The second-order valence-corrected chi connectivity index (χ2v) is 6.85. The fourth-order valence-corrected chi connectivity index (χ4v) is 2.56. The number of carbonyl (C=O) groups is 1. The number of anilines is 1. The first-order valence-electron chi connectivity index (χ1n) is 7.71. The lowest BCUT2D eigenvalue weighted by molar-refractivity contribution is -0.119. The molecule has 2 N–H and O–H groups in total. The number of benzene rings is 1. The predicted molar refractivity (Wildman–Crippen MR) is 87.6 cm³/mol. The highest BCUT2D eigenvalue weighted by molar-refractivity contribution is 5.82. The summed E-state index contributed by atoms with van der Waals surface area (Å²) >= 11 is 0. The fourth-order valence-electron chi connectivity index (χ4n) is 2.56. The van der Waals surface area contributed by atoms with E-state index in [2.05, 4.69) is 61.4 Å². The predicted octanol–water partition coefficient (Wildman–Crippen LogP) is 2.21. The van der Waals surface area contributed by atoms with Crippen LogP contribution in [-0.4, -0.2) is 31.1 Å². The van der Waals surface area contributed by atoms with Crippen LogP contribution in [0.3, 0.4) is 0 Å². The van der Waals surface area contributed by atoms with Gasteiger partial charge in [-0.2, -0.15) is 0 Å². The lowest BCUT2D eigenvalue weighted by Gasteiger charge is -2.25. The van der Waals surface area contributed by atoms with E-state index >= 15 is 0 Å². The third kappa shape index (κ3) is 4.74. The number of hydrogen-bond donors (Lipinski definition) is 2. The summed E-state index contributed by atoms with van der Waals surface area (Å²) < 4.78 is 0. The van der Waals surface area contributed by atoms with E-state index in [1.54, 1.807) is 0 Å². The van der Waals surface area contributed by atoms with Gasteiger partial charge < -0.3 is 15.5 Å². The van der Waals surface area contributed by atoms with Crippen LogP contribution in [0.1, 0.15) is 38.3 Å². The molecule has 0 spiro atoms. The van der Waals surface area contributed by atoms with E-state index in [9.17, 15) is 4.79 Å². The Morgan fingerprint density at radius 2 is 2.10 bits per heavy atom. The number of nitrogens with zero attached hydrogens (tertiary/aromatic N) is 1. The molecular formula is C17H27N3O. The lowest BCUT2D eigenvalue weighted by atomic mass is 10.1. The van der Waals surface area contributed by atoms with E-state index in [0.29, 0.717) is 6.54 Å². The molecule has 21 heavy (non-hydrogen) atoms. The van der Waals surface area contributed by atoms with Crippen LogP contribution in [0.2, 0.25) is 0 Å². The Kier molecular flexibility index (Phi) is 4.88. The zero-order valence-electron chi connectivity index (χ0n) is 13.6. The molecule has 0 bridgehead atoms. The molecule has 0 atom stereocenters.